The maximum Gasteiger partial charge on any atom is 0.120 e. The van der Waals surface area contributed by atoms with Crippen LogP contribution < -0.4 is 0 Å². The van der Waals surface area contributed by atoms with Crippen molar-refractivity contribution >= 4 is 22.5 Å². The van der Waals surface area contributed by atoms with Gasteiger partial charge in [0.25, 0.3) is 0 Å². The molecule has 5 nitrogen and oxygen atoms in total. The van der Waals surface area contributed by atoms with Gasteiger partial charge in [0.05, 0.1) is 22.8 Å². The van der Waals surface area contributed by atoms with E-state index in [2.05, 4.69) is 27.0 Å². The largest absolute Gasteiger partial charge is 0.345 e. The quantitative estimate of drug-likeness (QED) is 0.806. The predicted octanol–water partition coefficient (Wildman–Crippen LogP) is 2.89. The summed E-state index contributed by atoms with van der Waals surface area (Å²) in [6.45, 7) is 3.47. The number of rotatable bonds is 4. The highest BCUT2D eigenvalue weighted by Gasteiger charge is 2.14. The first-order chi connectivity index (χ1) is 10.0. The molecule has 110 valence electrons. The average molecular weight is 304 g/mol. The molecule has 0 saturated carbocycles. The van der Waals surface area contributed by atoms with E-state index < -0.39 is 0 Å². The Morgan fingerprint density at radius 1 is 1.33 bits per heavy atom. The van der Waals surface area contributed by atoms with Crippen molar-refractivity contribution in [3.05, 3.63) is 46.6 Å². The monoisotopic (exact) mass is 303 g/mol. The van der Waals surface area contributed by atoms with Gasteiger partial charge in [-0.1, -0.05) is 17.7 Å². The minimum Gasteiger partial charge on any atom is -0.345 e. The number of nitrogens with one attached hydrogen (secondary N) is 1. The van der Waals surface area contributed by atoms with E-state index in [1.807, 2.05) is 43.0 Å². The second-order valence-electron chi connectivity index (χ2n) is 5.39. The highest BCUT2D eigenvalue weighted by atomic mass is 35.5. The predicted molar refractivity (Wildman–Crippen MR) is 84.2 cm³/mol. The Balaban J connectivity index is 1.84. The van der Waals surface area contributed by atoms with E-state index >= 15 is 0 Å². The molecule has 2 heterocycles. The number of H-pyrrole nitrogens is 1. The van der Waals surface area contributed by atoms with E-state index in [0.717, 1.165) is 46.2 Å². The van der Waals surface area contributed by atoms with Crippen LogP contribution in [0.15, 0.2) is 24.4 Å². The summed E-state index contributed by atoms with van der Waals surface area (Å²) in [5.41, 5.74) is 3.12. The first-order valence-electron chi connectivity index (χ1n) is 6.83. The van der Waals surface area contributed by atoms with Gasteiger partial charge >= 0.3 is 0 Å². The molecule has 6 heteroatoms. The van der Waals surface area contributed by atoms with Gasteiger partial charge in [0.1, 0.15) is 5.82 Å². The van der Waals surface area contributed by atoms with Crippen LogP contribution in [-0.4, -0.2) is 31.7 Å². The summed E-state index contributed by atoms with van der Waals surface area (Å²) in [6, 6.07) is 5.89. The smallest absolute Gasteiger partial charge is 0.120 e. The molecule has 21 heavy (non-hydrogen) atoms. The fourth-order valence-electron chi connectivity index (χ4n) is 2.58. The molecule has 0 spiro atoms. The highest BCUT2D eigenvalue weighted by Crippen LogP contribution is 2.27. The van der Waals surface area contributed by atoms with Crippen molar-refractivity contribution in [2.75, 3.05) is 7.05 Å². The van der Waals surface area contributed by atoms with E-state index in [-0.39, 0.29) is 0 Å². The highest BCUT2D eigenvalue weighted by molar-refractivity contribution is 6.35. The van der Waals surface area contributed by atoms with Crippen LogP contribution in [0, 0.1) is 6.92 Å². The zero-order valence-corrected chi connectivity index (χ0v) is 13.1. The number of hydrogen-bond acceptors (Lipinski definition) is 3. The minimum atomic E-state index is 0.723. The molecule has 1 N–H and O–H groups in total. The van der Waals surface area contributed by atoms with E-state index in [0.29, 0.717) is 0 Å². The van der Waals surface area contributed by atoms with Crippen molar-refractivity contribution in [3.8, 4) is 0 Å². The number of aryl methyl sites for hydroxylation is 2. The third-order valence-electron chi connectivity index (χ3n) is 3.49. The Labute approximate surface area is 128 Å². The summed E-state index contributed by atoms with van der Waals surface area (Å²) in [7, 11) is 3.99. The van der Waals surface area contributed by atoms with Gasteiger partial charge in [-0.05, 0) is 26.1 Å². The van der Waals surface area contributed by atoms with Crippen LogP contribution in [0.3, 0.4) is 0 Å². The molecule has 3 rings (SSSR count). The average Bonchev–Trinajstić information content (AvgIpc) is 2.95. The number of imidazole rings is 1. The Kier molecular flexibility index (Phi) is 3.69. The molecule has 0 bridgehead atoms. The van der Waals surface area contributed by atoms with Crippen LogP contribution >= 0.6 is 11.6 Å². The zero-order chi connectivity index (χ0) is 15.0. The van der Waals surface area contributed by atoms with Crippen molar-refractivity contribution < 1.29 is 0 Å². The van der Waals surface area contributed by atoms with Crippen LogP contribution in [0.4, 0.5) is 0 Å². The van der Waals surface area contributed by atoms with Crippen molar-refractivity contribution in [2.45, 2.75) is 20.0 Å². The van der Waals surface area contributed by atoms with Gasteiger partial charge in [-0.2, -0.15) is 5.10 Å². The number of benzene rings is 1. The fraction of sp³-hybridized carbons (Fsp3) is 0.333. The second-order valence-corrected chi connectivity index (χ2v) is 5.80. The molecule has 0 aliphatic heterocycles. The van der Waals surface area contributed by atoms with E-state index in [9.17, 15) is 0 Å². The van der Waals surface area contributed by atoms with Gasteiger partial charge in [0.15, 0.2) is 0 Å². The summed E-state index contributed by atoms with van der Waals surface area (Å²) in [6.07, 6.45) is 1.84. The molecule has 0 aliphatic rings. The molecule has 0 unspecified atom stereocenters. The van der Waals surface area contributed by atoms with Crippen LogP contribution in [0.5, 0.6) is 0 Å². The normalized spacial score (nSPS) is 11.7. The lowest BCUT2D eigenvalue weighted by molar-refractivity contribution is 0.308. The van der Waals surface area contributed by atoms with Gasteiger partial charge in [0.2, 0.25) is 0 Å². The first kappa shape index (κ1) is 14.1. The van der Waals surface area contributed by atoms with Gasteiger partial charge in [-0.15, -0.1) is 0 Å². The van der Waals surface area contributed by atoms with Gasteiger partial charge in [-0.25, -0.2) is 4.98 Å². The maximum atomic E-state index is 6.33. The summed E-state index contributed by atoms with van der Waals surface area (Å²) in [5, 5.41) is 6.38. The lowest BCUT2D eigenvalue weighted by atomic mass is 10.2. The Hall–Kier alpha value is -1.85. The number of aromatic amines is 1. The van der Waals surface area contributed by atoms with Crippen molar-refractivity contribution in [2.24, 2.45) is 7.05 Å². The number of hydrogen-bond donors (Lipinski definition) is 1. The second kappa shape index (κ2) is 5.50. The van der Waals surface area contributed by atoms with Crippen LogP contribution in [0.25, 0.3) is 10.9 Å². The lowest BCUT2D eigenvalue weighted by Gasteiger charge is -2.13. The van der Waals surface area contributed by atoms with E-state index in [1.54, 1.807) is 0 Å². The van der Waals surface area contributed by atoms with Crippen molar-refractivity contribution in [1.29, 1.82) is 0 Å². The van der Waals surface area contributed by atoms with Crippen LogP contribution in [-0.2, 0) is 20.1 Å². The number of halogens is 1. The zero-order valence-electron chi connectivity index (χ0n) is 12.4. The molecule has 3 aromatic rings. The van der Waals surface area contributed by atoms with E-state index in [1.165, 1.54) is 0 Å². The fourth-order valence-corrected chi connectivity index (χ4v) is 2.86. The van der Waals surface area contributed by atoms with Crippen LogP contribution in [0.2, 0.25) is 5.02 Å². The Morgan fingerprint density at radius 2 is 2.14 bits per heavy atom. The molecule has 0 radical (unpaired) electrons. The molecule has 1 aromatic carbocycles. The van der Waals surface area contributed by atoms with Gasteiger partial charge < -0.3 is 4.98 Å². The summed E-state index contributed by atoms with van der Waals surface area (Å²) < 4.78 is 1.88. The molecule has 2 aromatic heterocycles. The first-order valence-corrected chi connectivity index (χ1v) is 7.21. The molecular weight excluding hydrogens is 286 g/mol. The van der Waals surface area contributed by atoms with Crippen molar-refractivity contribution in [1.82, 2.24) is 24.6 Å². The minimum absolute atomic E-state index is 0.723. The molecule has 0 amide bonds. The number of aromatic nitrogens is 4. The molecular formula is C15H18ClN5. The SMILES string of the molecule is Cc1cnc(CN(C)Cc2nn(C)c3cccc(Cl)c23)[nH]1. The Morgan fingerprint density at radius 3 is 2.86 bits per heavy atom. The lowest BCUT2D eigenvalue weighted by Crippen LogP contribution is -2.18. The summed E-state index contributed by atoms with van der Waals surface area (Å²) >= 11 is 6.33. The standard InChI is InChI=1S/C15H18ClN5/c1-10-7-17-14(18-10)9-20(2)8-12-15-11(16)5-4-6-13(15)21(3)19-12/h4-7H,8-9H2,1-3H3,(H,17,18). The van der Waals surface area contributed by atoms with Crippen molar-refractivity contribution in [3.63, 3.8) is 0 Å². The Bertz CT molecular complexity index is 774. The topological polar surface area (TPSA) is 49.7 Å². The maximum absolute atomic E-state index is 6.33. The summed E-state index contributed by atoms with van der Waals surface area (Å²) in [4.78, 5) is 9.75. The summed E-state index contributed by atoms with van der Waals surface area (Å²) in [5.74, 6) is 0.960. The molecule has 0 fully saturated rings. The molecule has 0 saturated heterocycles. The molecule has 0 atom stereocenters. The van der Waals surface area contributed by atoms with Crippen LogP contribution in [0.1, 0.15) is 17.2 Å². The third-order valence-corrected chi connectivity index (χ3v) is 3.81. The molecule has 0 aliphatic carbocycles. The number of nitrogens with zero attached hydrogens (tertiary/aromatic N) is 4. The number of fused-ring (bicyclic) bond motifs is 1. The van der Waals surface area contributed by atoms with Gasteiger partial charge in [-0.3, -0.25) is 9.58 Å². The van der Waals surface area contributed by atoms with E-state index in [4.69, 9.17) is 11.6 Å². The van der Waals surface area contributed by atoms with Gasteiger partial charge in [0, 0.05) is 30.9 Å². The third kappa shape index (κ3) is 2.80.